The first-order valence-corrected chi connectivity index (χ1v) is 6.94. The van der Waals surface area contributed by atoms with Crippen LogP contribution in [0.25, 0.3) is 0 Å². The van der Waals surface area contributed by atoms with Crippen molar-refractivity contribution < 1.29 is 28.6 Å². The van der Waals surface area contributed by atoms with Gasteiger partial charge in [-0.1, -0.05) is 6.07 Å². The smallest absolute Gasteiger partial charge is 0.277 e. The lowest BCUT2D eigenvalue weighted by molar-refractivity contribution is -0.137. The average Bonchev–Trinajstić information content (AvgIpc) is 2.78. The molecule has 124 valence electrons. The van der Waals surface area contributed by atoms with Gasteiger partial charge in [-0.2, -0.15) is 0 Å². The van der Waals surface area contributed by atoms with Crippen molar-refractivity contribution in [2.75, 3.05) is 38.8 Å². The molecule has 2 rings (SSSR count). The third-order valence-electron chi connectivity index (χ3n) is 3.10. The minimum absolute atomic E-state index is 0.00867. The van der Waals surface area contributed by atoms with Gasteiger partial charge in [-0.3, -0.25) is 14.5 Å². The van der Waals surface area contributed by atoms with Crippen molar-refractivity contribution in [3.63, 3.8) is 0 Å². The van der Waals surface area contributed by atoms with Crippen molar-refractivity contribution >= 4 is 17.5 Å². The topological polar surface area (TPSA) is 88.1 Å². The molecule has 8 heteroatoms. The van der Waals surface area contributed by atoms with E-state index >= 15 is 0 Å². The number of β-amino-alcohol motifs (C(OH)–C–C–N with tert-alkyl or cyclic N) is 1. The lowest BCUT2D eigenvalue weighted by Crippen LogP contribution is -2.34. The third-order valence-corrected chi connectivity index (χ3v) is 3.10. The van der Waals surface area contributed by atoms with Crippen molar-refractivity contribution in [3.05, 3.63) is 35.8 Å². The largest absolute Gasteiger partial charge is 0.486 e. The van der Waals surface area contributed by atoms with Crippen LogP contribution in [0.2, 0.25) is 0 Å². The first-order valence-electron chi connectivity index (χ1n) is 6.94. The molecule has 2 amide bonds. The van der Waals surface area contributed by atoms with Gasteiger partial charge in [0, 0.05) is 13.2 Å². The molecule has 0 fully saturated rings. The molecule has 0 aliphatic carbocycles. The molecule has 0 spiro atoms. The molecule has 1 heterocycles. The Labute approximate surface area is 132 Å². The van der Waals surface area contributed by atoms with Crippen LogP contribution in [-0.4, -0.2) is 55.3 Å². The molecule has 0 saturated carbocycles. The number of ether oxygens (including phenoxy) is 2. The van der Waals surface area contributed by atoms with E-state index in [9.17, 15) is 14.0 Å². The fourth-order valence-electron chi connectivity index (χ4n) is 2.04. The van der Waals surface area contributed by atoms with E-state index in [-0.39, 0.29) is 43.5 Å². The molecule has 0 atom stereocenters. The van der Waals surface area contributed by atoms with Crippen molar-refractivity contribution in [3.8, 4) is 5.75 Å². The number of nitrogens with one attached hydrogen (secondary N) is 1. The predicted molar refractivity (Wildman–Crippen MR) is 79.3 cm³/mol. The van der Waals surface area contributed by atoms with Crippen LogP contribution in [0.15, 0.2) is 30.0 Å². The Hall–Kier alpha value is -2.45. The molecule has 23 heavy (non-hydrogen) atoms. The van der Waals surface area contributed by atoms with Gasteiger partial charge in [0.2, 0.25) is 0 Å². The Morgan fingerprint density at radius 3 is 2.78 bits per heavy atom. The monoisotopic (exact) mass is 324 g/mol. The summed E-state index contributed by atoms with van der Waals surface area (Å²) in [5.41, 5.74) is 0.213. The van der Waals surface area contributed by atoms with Crippen molar-refractivity contribution in [2.24, 2.45) is 0 Å². The lowest BCUT2D eigenvalue weighted by Gasteiger charge is -2.15. The number of hydrogen-bond acceptors (Lipinski definition) is 6. The highest BCUT2D eigenvalue weighted by Crippen LogP contribution is 2.30. The number of carbonyl (C=O) groups is 2. The summed E-state index contributed by atoms with van der Waals surface area (Å²) in [7, 11) is 1.49. The number of anilines is 1. The maximum absolute atomic E-state index is 13.9. The molecule has 0 radical (unpaired) electrons. The molecule has 7 nitrogen and oxygen atoms in total. The number of aliphatic hydroxyl groups excluding tert-OH is 1. The second-order valence-corrected chi connectivity index (χ2v) is 4.66. The van der Waals surface area contributed by atoms with Crippen molar-refractivity contribution in [2.45, 2.75) is 0 Å². The highest BCUT2D eigenvalue weighted by Gasteiger charge is 2.31. The molecule has 2 N–H and O–H groups in total. The van der Waals surface area contributed by atoms with Crippen LogP contribution >= 0.6 is 0 Å². The molecule has 0 aromatic heterocycles. The van der Waals surface area contributed by atoms with Gasteiger partial charge in [-0.15, -0.1) is 0 Å². The Morgan fingerprint density at radius 1 is 1.30 bits per heavy atom. The molecule has 1 aromatic rings. The van der Waals surface area contributed by atoms with Gasteiger partial charge >= 0.3 is 0 Å². The fraction of sp³-hybridized carbons (Fsp3) is 0.333. The van der Waals surface area contributed by atoms with Crippen LogP contribution in [0.5, 0.6) is 5.75 Å². The highest BCUT2D eigenvalue weighted by molar-refractivity contribution is 6.17. The summed E-state index contributed by atoms with van der Waals surface area (Å²) in [6, 6.07) is 4.20. The van der Waals surface area contributed by atoms with Crippen LogP contribution in [0.4, 0.5) is 10.1 Å². The van der Waals surface area contributed by atoms with E-state index in [1.165, 1.54) is 25.3 Å². The first-order chi connectivity index (χ1) is 11.1. The zero-order chi connectivity index (χ0) is 16.8. The van der Waals surface area contributed by atoms with E-state index in [2.05, 4.69) is 5.32 Å². The zero-order valence-electron chi connectivity index (χ0n) is 12.5. The van der Waals surface area contributed by atoms with Crippen LogP contribution in [-0.2, 0) is 14.3 Å². The van der Waals surface area contributed by atoms with Crippen LogP contribution in [0, 0.1) is 5.82 Å². The van der Waals surface area contributed by atoms with E-state index in [1.54, 1.807) is 0 Å². The molecule has 0 unspecified atom stereocenters. The number of amides is 2. The number of nitrogens with zero attached hydrogens (tertiary/aromatic N) is 1. The van der Waals surface area contributed by atoms with Gasteiger partial charge in [0.15, 0.2) is 11.6 Å². The maximum Gasteiger partial charge on any atom is 0.277 e. The standard InChI is InChI=1S/C15H17FN2O5/c1-22-7-8-23-14-10(16)3-2-4-11(14)17-12-9-13(20)18(5-6-19)15(12)21/h2-4,9,17,19H,5-8H2,1H3. The quantitative estimate of drug-likeness (QED) is 0.535. The summed E-state index contributed by atoms with van der Waals surface area (Å²) in [4.78, 5) is 24.7. The zero-order valence-corrected chi connectivity index (χ0v) is 12.5. The average molecular weight is 324 g/mol. The molecule has 1 aliphatic rings. The summed E-state index contributed by atoms with van der Waals surface area (Å²) in [6.45, 7) is -0.0174. The van der Waals surface area contributed by atoms with Gasteiger partial charge in [0.05, 0.1) is 25.4 Å². The Kier molecular flexibility index (Phi) is 5.67. The highest BCUT2D eigenvalue weighted by atomic mass is 19.1. The van der Waals surface area contributed by atoms with E-state index in [1.807, 2.05) is 0 Å². The van der Waals surface area contributed by atoms with Crippen molar-refractivity contribution in [1.29, 1.82) is 0 Å². The minimum Gasteiger partial charge on any atom is -0.486 e. The van der Waals surface area contributed by atoms with Crippen LogP contribution < -0.4 is 10.1 Å². The van der Waals surface area contributed by atoms with Crippen LogP contribution in [0.1, 0.15) is 0 Å². The SMILES string of the molecule is COCCOc1c(F)cccc1NC1=CC(=O)N(CCO)C1=O. The minimum atomic E-state index is -0.601. The van der Waals surface area contributed by atoms with Gasteiger partial charge in [-0.05, 0) is 12.1 Å². The number of benzene rings is 1. The van der Waals surface area contributed by atoms with E-state index < -0.39 is 17.6 Å². The number of imide groups is 1. The second kappa shape index (κ2) is 7.70. The van der Waals surface area contributed by atoms with Crippen molar-refractivity contribution in [1.82, 2.24) is 4.90 Å². The third kappa shape index (κ3) is 3.85. The van der Waals surface area contributed by atoms with Gasteiger partial charge in [-0.25, -0.2) is 4.39 Å². The van der Waals surface area contributed by atoms with E-state index in [0.717, 1.165) is 11.0 Å². The molecule has 1 aromatic carbocycles. The number of halogens is 1. The lowest BCUT2D eigenvalue weighted by atomic mass is 10.2. The maximum atomic E-state index is 13.9. The molecular formula is C15H17FN2O5. The molecule has 0 bridgehead atoms. The molecule has 1 aliphatic heterocycles. The molecule has 0 saturated heterocycles. The summed E-state index contributed by atoms with van der Waals surface area (Å²) in [5.74, 6) is -1.79. The Morgan fingerprint density at radius 2 is 2.09 bits per heavy atom. The number of para-hydroxylation sites is 1. The van der Waals surface area contributed by atoms with E-state index in [4.69, 9.17) is 14.6 Å². The summed E-state index contributed by atoms with van der Waals surface area (Å²) in [5, 5.41) is 11.6. The Bertz CT molecular complexity index is 632. The number of rotatable bonds is 8. The summed E-state index contributed by atoms with van der Waals surface area (Å²) < 4.78 is 24.1. The van der Waals surface area contributed by atoms with Gasteiger partial charge in [0.1, 0.15) is 12.3 Å². The number of hydrogen-bond donors (Lipinski definition) is 2. The van der Waals surface area contributed by atoms with E-state index in [0.29, 0.717) is 0 Å². The summed E-state index contributed by atoms with van der Waals surface area (Å²) in [6.07, 6.45) is 1.10. The van der Waals surface area contributed by atoms with Gasteiger partial charge < -0.3 is 19.9 Å². The second-order valence-electron chi connectivity index (χ2n) is 4.66. The summed E-state index contributed by atoms with van der Waals surface area (Å²) >= 11 is 0. The fourth-order valence-corrected chi connectivity index (χ4v) is 2.04. The Balaban J connectivity index is 2.17. The normalized spacial score (nSPS) is 14.2. The predicted octanol–water partition coefficient (Wildman–Crippen LogP) is 0.508. The number of aliphatic hydroxyl groups is 1. The first kappa shape index (κ1) is 16.9. The number of carbonyl (C=O) groups excluding carboxylic acids is 2. The number of methoxy groups -OCH3 is 1. The van der Waals surface area contributed by atoms with Gasteiger partial charge in [0.25, 0.3) is 11.8 Å². The van der Waals surface area contributed by atoms with Crippen LogP contribution in [0.3, 0.4) is 0 Å². The molecular weight excluding hydrogens is 307 g/mol.